The number of ether oxygens (including phenoxy) is 1. The molecule has 0 radical (unpaired) electrons. The van der Waals surface area contributed by atoms with E-state index in [1.165, 1.54) is 6.92 Å². The first kappa shape index (κ1) is 16.2. The molecule has 1 aliphatic heterocycles. The van der Waals surface area contributed by atoms with E-state index in [-0.39, 0.29) is 0 Å². The van der Waals surface area contributed by atoms with Gasteiger partial charge in [-0.15, -0.1) is 0 Å². The van der Waals surface area contributed by atoms with Crippen molar-refractivity contribution < 1.29 is 35.5 Å². The Morgan fingerprint density at radius 1 is 1.21 bits per heavy atom. The molecule has 1 heterocycles. The van der Waals surface area contributed by atoms with Gasteiger partial charge in [0, 0.05) is 13.1 Å². The second-order valence-electron chi connectivity index (χ2n) is 4.32. The number of alkyl halides is 6. The Hall–Kier alpha value is -0.830. The zero-order valence-corrected chi connectivity index (χ0v) is 9.85. The number of halogens is 7. The zero-order valence-electron chi connectivity index (χ0n) is 9.85. The third-order valence-electron chi connectivity index (χ3n) is 2.63. The van der Waals surface area contributed by atoms with Gasteiger partial charge >= 0.3 is 12.4 Å². The molecule has 19 heavy (non-hydrogen) atoms. The summed E-state index contributed by atoms with van der Waals surface area (Å²) >= 11 is 0. The predicted octanol–water partition coefficient (Wildman–Crippen LogP) is 3.05. The van der Waals surface area contributed by atoms with E-state index in [0.29, 0.717) is 4.90 Å². The highest BCUT2D eigenvalue weighted by Crippen LogP contribution is 2.35. The average molecular weight is 295 g/mol. The number of rotatable bonds is 2. The molecule has 0 amide bonds. The maximum atomic E-state index is 12.9. The lowest BCUT2D eigenvalue weighted by molar-refractivity contribution is -0.266. The quantitative estimate of drug-likeness (QED) is 0.726. The van der Waals surface area contributed by atoms with Gasteiger partial charge in [-0.1, -0.05) is 6.58 Å². The molecule has 3 unspecified atom stereocenters. The average Bonchev–Trinajstić information content (AvgIpc) is 2.11. The largest absolute Gasteiger partial charge is 0.415 e. The summed E-state index contributed by atoms with van der Waals surface area (Å²) in [5, 5.41) is 0. The molecule has 3 atom stereocenters. The van der Waals surface area contributed by atoms with E-state index in [1.54, 1.807) is 0 Å². The summed E-state index contributed by atoms with van der Waals surface area (Å²) in [5.41, 5.74) is 0. The Kier molecular flexibility index (Phi) is 4.51. The first-order valence-corrected chi connectivity index (χ1v) is 5.30. The summed E-state index contributed by atoms with van der Waals surface area (Å²) in [7, 11) is 0. The monoisotopic (exact) mass is 295 g/mol. The van der Waals surface area contributed by atoms with Gasteiger partial charge in [0.15, 0.2) is 12.1 Å². The van der Waals surface area contributed by atoms with Gasteiger partial charge in [0.1, 0.15) is 5.83 Å². The van der Waals surface area contributed by atoms with E-state index >= 15 is 0 Å². The van der Waals surface area contributed by atoms with E-state index in [2.05, 4.69) is 11.3 Å². The molecule has 1 fully saturated rings. The molecule has 1 saturated heterocycles. The molecule has 0 bridgehead atoms. The minimum Gasteiger partial charge on any atom is -0.363 e. The van der Waals surface area contributed by atoms with Gasteiger partial charge in [0.25, 0.3) is 0 Å². The Balaban J connectivity index is 2.95. The second-order valence-corrected chi connectivity index (χ2v) is 4.32. The van der Waals surface area contributed by atoms with Gasteiger partial charge in [-0.25, -0.2) is 4.39 Å². The maximum absolute atomic E-state index is 12.9. The summed E-state index contributed by atoms with van der Waals surface area (Å²) in [4.78, 5) is 0.356. The minimum absolute atomic E-state index is 0.356. The minimum atomic E-state index is -5.03. The van der Waals surface area contributed by atoms with Gasteiger partial charge in [-0.2, -0.15) is 26.3 Å². The first-order valence-electron chi connectivity index (χ1n) is 5.30. The standard InChI is InChI=1S/C10H12F7NO/c1-5-3-18(4-7(19-5)9(12,13)14)8(6(2)11)10(15,16)17/h5,7-8H,2-4H2,1H3. The van der Waals surface area contributed by atoms with Crippen molar-refractivity contribution in [3.05, 3.63) is 12.4 Å². The van der Waals surface area contributed by atoms with E-state index in [4.69, 9.17) is 0 Å². The molecule has 0 N–H and O–H groups in total. The van der Waals surface area contributed by atoms with Crippen molar-refractivity contribution in [1.29, 1.82) is 0 Å². The Labute approximate surface area is 104 Å². The van der Waals surface area contributed by atoms with Gasteiger partial charge in [0.05, 0.1) is 6.10 Å². The molecular formula is C10H12F7NO. The van der Waals surface area contributed by atoms with E-state index < -0.39 is 49.5 Å². The fraction of sp³-hybridized carbons (Fsp3) is 0.800. The molecule has 112 valence electrons. The molecule has 0 aromatic rings. The molecule has 1 rings (SSSR count). The molecule has 0 aliphatic carbocycles. The van der Waals surface area contributed by atoms with Crippen LogP contribution in [0.2, 0.25) is 0 Å². The van der Waals surface area contributed by atoms with Crippen LogP contribution in [0, 0.1) is 0 Å². The number of nitrogens with zero attached hydrogens (tertiary/aromatic N) is 1. The zero-order chi connectivity index (χ0) is 15.0. The molecule has 1 aliphatic rings. The highest BCUT2D eigenvalue weighted by Gasteiger charge is 2.52. The van der Waals surface area contributed by atoms with E-state index in [1.807, 2.05) is 0 Å². The molecule has 2 nitrogen and oxygen atoms in total. The summed E-state index contributed by atoms with van der Waals surface area (Å²) in [6.45, 7) is 2.21. The van der Waals surface area contributed by atoms with Crippen LogP contribution in [0.4, 0.5) is 30.7 Å². The van der Waals surface area contributed by atoms with Gasteiger partial charge < -0.3 is 4.74 Å². The van der Waals surface area contributed by atoms with Crippen molar-refractivity contribution in [2.75, 3.05) is 13.1 Å². The maximum Gasteiger partial charge on any atom is 0.415 e. The van der Waals surface area contributed by atoms with Crippen molar-refractivity contribution in [3.8, 4) is 0 Å². The fourth-order valence-corrected chi connectivity index (χ4v) is 1.96. The first-order chi connectivity index (χ1) is 8.43. The van der Waals surface area contributed by atoms with Crippen LogP contribution in [0.25, 0.3) is 0 Å². The molecule has 0 spiro atoms. The fourth-order valence-electron chi connectivity index (χ4n) is 1.96. The normalized spacial score (nSPS) is 28.2. The third kappa shape index (κ3) is 4.07. The summed E-state index contributed by atoms with van der Waals surface area (Å²) < 4.78 is 92.9. The number of hydrogen-bond acceptors (Lipinski definition) is 2. The van der Waals surface area contributed by atoms with Crippen LogP contribution in [0.1, 0.15) is 6.92 Å². The lowest BCUT2D eigenvalue weighted by Crippen LogP contribution is -2.58. The Morgan fingerprint density at radius 2 is 1.74 bits per heavy atom. The Bertz CT molecular complexity index is 338. The van der Waals surface area contributed by atoms with Crippen LogP contribution >= 0.6 is 0 Å². The van der Waals surface area contributed by atoms with E-state index in [0.717, 1.165) is 0 Å². The number of hydrogen-bond donors (Lipinski definition) is 0. The third-order valence-corrected chi connectivity index (χ3v) is 2.63. The van der Waals surface area contributed by atoms with Gasteiger partial charge in [-0.05, 0) is 6.92 Å². The van der Waals surface area contributed by atoms with Crippen molar-refractivity contribution in [3.63, 3.8) is 0 Å². The van der Waals surface area contributed by atoms with Crippen LogP contribution in [0.5, 0.6) is 0 Å². The SMILES string of the molecule is C=C(F)C(N1CC(C)OC(C(F)(F)F)C1)C(F)(F)F. The highest BCUT2D eigenvalue weighted by molar-refractivity contribution is 5.03. The lowest BCUT2D eigenvalue weighted by Gasteiger charge is -2.41. The molecule has 9 heteroatoms. The predicted molar refractivity (Wildman–Crippen MR) is 52.1 cm³/mol. The van der Waals surface area contributed by atoms with Crippen LogP contribution in [-0.4, -0.2) is 48.6 Å². The van der Waals surface area contributed by atoms with Crippen LogP contribution in [-0.2, 0) is 4.74 Å². The number of morpholine rings is 1. The van der Waals surface area contributed by atoms with E-state index in [9.17, 15) is 30.7 Å². The summed E-state index contributed by atoms with van der Waals surface area (Å²) in [6.07, 6.45) is -13.3. The van der Waals surface area contributed by atoms with Crippen LogP contribution in [0.3, 0.4) is 0 Å². The van der Waals surface area contributed by atoms with Crippen molar-refractivity contribution in [2.24, 2.45) is 0 Å². The molecule has 0 aromatic heterocycles. The van der Waals surface area contributed by atoms with Crippen molar-refractivity contribution in [2.45, 2.75) is 37.5 Å². The molecular weight excluding hydrogens is 283 g/mol. The van der Waals surface area contributed by atoms with Crippen LogP contribution in [0.15, 0.2) is 12.4 Å². The smallest absolute Gasteiger partial charge is 0.363 e. The van der Waals surface area contributed by atoms with Crippen LogP contribution < -0.4 is 0 Å². The lowest BCUT2D eigenvalue weighted by atomic mass is 10.1. The topological polar surface area (TPSA) is 12.5 Å². The van der Waals surface area contributed by atoms with Crippen molar-refractivity contribution >= 4 is 0 Å². The summed E-state index contributed by atoms with van der Waals surface area (Å²) in [6, 6.07) is -2.75. The Morgan fingerprint density at radius 3 is 2.11 bits per heavy atom. The highest BCUT2D eigenvalue weighted by atomic mass is 19.4. The summed E-state index contributed by atoms with van der Waals surface area (Å²) in [5.74, 6) is -1.73. The molecule has 0 aromatic carbocycles. The molecule has 0 saturated carbocycles. The van der Waals surface area contributed by atoms with Gasteiger partial charge in [-0.3, -0.25) is 4.90 Å². The van der Waals surface area contributed by atoms with Crippen molar-refractivity contribution in [1.82, 2.24) is 4.90 Å². The van der Waals surface area contributed by atoms with Gasteiger partial charge in [0.2, 0.25) is 0 Å². The second kappa shape index (κ2) is 5.28.